The smallest absolute Gasteiger partial charge is 0.271 e. The molecule has 182 valence electrons. The van der Waals surface area contributed by atoms with E-state index in [4.69, 9.17) is 0 Å². The lowest BCUT2D eigenvalue weighted by atomic mass is 10.2. The van der Waals surface area contributed by atoms with Gasteiger partial charge in [0.1, 0.15) is 6.54 Å². The summed E-state index contributed by atoms with van der Waals surface area (Å²) < 4.78 is 28.2. The Morgan fingerprint density at radius 2 is 1.80 bits per heavy atom. The lowest BCUT2D eigenvalue weighted by molar-refractivity contribution is -0.384. The second-order valence-corrected chi connectivity index (χ2v) is 10.2. The van der Waals surface area contributed by atoms with Crippen LogP contribution in [0.5, 0.6) is 0 Å². The van der Waals surface area contributed by atoms with Crippen LogP contribution < -0.4 is 14.6 Å². The van der Waals surface area contributed by atoms with E-state index in [0.717, 1.165) is 20.5 Å². The number of non-ortho nitro benzene ring substituents is 1. The van der Waals surface area contributed by atoms with Crippen molar-refractivity contribution >= 4 is 55.1 Å². The summed E-state index contributed by atoms with van der Waals surface area (Å²) in [5.74, 6) is -0.726. The number of halogens is 1. The molecule has 12 heteroatoms. The summed E-state index contributed by atoms with van der Waals surface area (Å²) in [6.45, 7) is -0.640. The number of nitro groups is 1. The molecule has 0 bridgehead atoms. The van der Waals surface area contributed by atoms with Gasteiger partial charge in [-0.05, 0) is 51.8 Å². The molecule has 0 aliphatic rings. The standard InChI is InChI=1S/C23H22BrN5O5S/c1-27(2)22-12-11-17(13-21(22)24)15-25-26-23(30)16-28(18-7-6-8-19(14-18)29(31)32)35(33,34)20-9-4-3-5-10-20/h3-15H,16H2,1-2H3,(H,26,30)/b25-15-. The zero-order valence-corrected chi connectivity index (χ0v) is 21.2. The number of hydrogen-bond acceptors (Lipinski definition) is 7. The first-order chi connectivity index (χ1) is 16.6. The van der Waals surface area contributed by atoms with Crippen molar-refractivity contribution in [1.29, 1.82) is 0 Å². The first-order valence-corrected chi connectivity index (χ1v) is 12.4. The third kappa shape index (κ3) is 6.43. The molecule has 0 aliphatic heterocycles. The fourth-order valence-corrected chi connectivity index (χ4v) is 5.29. The fourth-order valence-electron chi connectivity index (χ4n) is 3.11. The minimum atomic E-state index is -4.20. The molecule has 0 aromatic heterocycles. The average Bonchev–Trinajstić information content (AvgIpc) is 2.83. The number of amides is 1. The summed E-state index contributed by atoms with van der Waals surface area (Å²) in [6, 6.07) is 18.1. The van der Waals surface area contributed by atoms with Crippen LogP contribution in [-0.4, -0.2) is 46.1 Å². The van der Waals surface area contributed by atoms with Crippen LogP contribution in [0.15, 0.2) is 87.3 Å². The van der Waals surface area contributed by atoms with Crippen molar-refractivity contribution in [3.05, 3.63) is 92.9 Å². The van der Waals surface area contributed by atoms with Gasteiger partial charge in [0.2, 0.25) is 0 Å². The largest absolute Gasteiger partial charge is 0.377 e. The second-order valence-electron chi connectivity index (χ2n) is 7.50. The number of benzene rings is 3. The Labute approximate surface area is 211 Å². The van der Waals surface area contributed by atoms with E-state index in [1.165, 1.54) is 36.5 Å². The molecule has 0 aliphatic carbocycles. The van der Waals surface area contributed by atoms with Gasteiger partial charge in [-0.15, -0.1) is 0 Å². The summed E-state index contributed by atoms with van der Waals surface area (Å²) in [4.78, 5) is 25.1. The predicted octanol–water partition coefficient (Wildman–Crippen LogP) is 3.77. The zero-order chi connectivity index (χ0) is 25.6. The Balaban J connectivity index is 1.84. The highest BCUT2D eigenvalue weighted by atomic mass is 79.9. The molecule has 0 fully saturated rings. The van der Waals surface area contributed by atoms with E-state index in [1.54, 1.807) is 18.2 Å². The van der Waals surface area contributed by atoms with Crippen LogP contribution in [0, 0.1) is 10.1 Å². The number of carbonyl (C=O) groups excluding carboxylic acids is 1. The molecule has 0 radical (unpaired) electrons. The highest BCUT2D eigenvalue weighted by Crippen LogP contribution is 2.27. The van der Waals surface area contributed by atoms with Gasteiger partial charge in [-0.1, -0.05) is 30.3 Å². The summed E-state index contributed by atoms with van der Waals surface area (Å²) in [5.41, 5.74) is 3.65. The van der Waals surface area contributed by atoms with Crippen molar-refractivity contribution in [1.82, 2.24) is 5.43 Å². The molecule has 0 heterocycles. The maximum Gasteiger partial charge on any atom is 0.271 e. The summed E-state index contributed by atoms with van der Waals surface area (Å²) in [5, 5.41) is 15.1. The number of sulfonamides is 1. The Bertz CT molecular complexity index is 1360. The van der Waals surface area contributed by atoms with Crippen LogP contribution in [0.1, 0.15) is 5.56 Å². The third-order valence-corrected chi connectivity index (χ3v) is 7.23. The minimum Gasteiger partial charge on any atom is -0.377 e. The van der Waals surface area contributed by atoms with Crippen molar-refractivity contribution in [3.8, 4) is 0 Å². The summed E-state index contributed by atoms with van der Waals surface area (Å²) in [6.07, 6.45) is 1.42. The Morgan fingerprint density at radius 3 is 2.43 bits per heavy atom. The van der Waals surface area contributed by atoms with E-state index in [2.05, 4.69) is 26.5 Å². The number of hydrogen-bond donors (Lipinski definition) is 1. The first kappa shape index (κ1) is 25.8. The number of nitrogens with one attached hydrogen (secondary N) is 1. The molecular weight excluding hydrogens is 538 g/mol. The van der Waals surface area contributed by atoms with E-state index in [1.807, 2.05) is 37.2 Å². The number of nitro benzene ring substituents is 1. The Morgan fingerprint density at radius 1 is 1.09 bits per heavy atom. The minimum absolute atomic E-state index is 0.0228. The van der Waals surface area contributed by atoms with Crippen LogP contribution in [0.25, 0.3) is 0 Å². The van der Waals surface area contributed by atoms with Crippen molar-refractivity contribution in [2.45, 2.75) is 4.90 Å². The lowest BCUT2D eigenvalue weighted by Crippen LogP contribution is -2.39. The maximum atomic E-state index is 13.3. The van der Waals surface area contributed by atoms with Gasteiger partial charge in [-0.3, -0.25) is 19.2 Å². The third-order valence-electron chi connectivity index (χ3n) is 4.80. The van der Waals surface area contributed by atoms with Gasteiger partial charge in [0.25, 0.3) is 21.6 Å². The van der Waals surface area contributed by atoms with Gasteiger partial charge in [0, 0.05) is 30.7 Å². The molecule has 0 saturated heterocycles. The van der Waals surface area contributed by atoms with E-state index < -0.39 is 27.4 Å². The number of nitrogens with zero attached hydrogens (tertiary/aromatic N) is 4. The average molecular weight is 560 g/mol. The number of rotatable bonds is 9. The molecular formula is C23H22BrN5O5S. The van der Waals surface area contributed by atoms with Crippen LogP contribution in [0.4, 0.5) is 17.1 Å². The SMILES string of the molecule is CN(C)c1ccc(/C=N\NC(=O)CN(c2cccc([N+](=O)[O-])c2)S(=O)(=O)c2ccccc2)cc1Br. The summed E-state index contributed by atoms with van der Waals surface area (Å²) >= 11 is 3.48. The molecule has 1 N–H and O–H groups in total. The first-order valence-electron chi connectivity index (χ1n) is 10.2. The van der Waals surface area contributed by atoms with Crippen molar-refractivity contribution in [2.24, 2.45) is 5.10 Å². The van der Waals surface area contributed by atoms with Crippen LogP contribution in [0.2, 0.25) is 0 Å². The van der Waals surface area contributed by atoms with Gasteiger partial charge in [0.15, 0.2) is 0 Å². The normalized spacial score (nSPS) is 11.3. The predicted molar refractivity (Wildman–Crippen MR) is 138 cm³/mol. The molecule has 3 rings (SSSR count). The van der Waals surface area contributed by atoms with Gasteiger partial charge < -0.3 is 4.90 Å². The molecule has 35 heavy (non-hydrogen) atoms. The Hall–Kier alpha value is -3.77. The van der Waals surface area contributed by atoms with E-state index in [-0.39, 0.29) is 16.3 Å². The molecule has 1 amide bonds. The van der Waals surface area contributed by atoms with Gasteiger partial charge in [-0.25, -0.2) is 13.8 Å². The van der Waals surface area contributed by atoms with Gasteiger partial charge in [0.05, 0.1) is 27.4 Å². The quantitative estimate of drug-likeness (QED) is 0.241. The van der Waals surface area contributed by atoms with Crippen LogP contribution >= 0.6 is 15.9 Å². The molecule has 0 spiro atoms. The number of hydrazone groups is 1. The zero-order valence-electron chi connectivity index (χ0n) is 18.8. The van der Waals surface area contributed by atoms with E-state index in [9.17, 15) is 23.3 Å². The van der Waals surface area contributed by atoms with Crippen LogP contribution in [-0.2, 0) is 14.8 Å². The maximum absolute atomic E-state index is 13.3. The van der Waals surface area contributed by atoms with E-state index >= 15 is 0 Å². The molecule has 0 atom stereocenters. The lowest BCUT2D eigenvalue weighted by Gasteiger charge is -2.23. The molecule has 0 unspecified atom stereocenters. The molecule has 10 nitrogen and oxygen atoms in total. The monoisotopic (exact) mass is 559 g/mol. The van der Waals surface area contributed by atoms with Crippen molar-refractivity contribution in [2.75, 3.05) is 29.8 Å². The second kappa shape index (κ2) is 11.1. The van der Waals surface area contributed by atoms with Crippen molar-refractivity contribution < 1.29 is 18.1 Å². The van der Waals surface area contributed by atoms with Gasteiger partial charge >= 0.3 is 0 Å². The van der Waals surface area contributed by atoms with Crippen molar-refractivity contribution in [3.63, 3.8) is 0 Å². The highest BCUT2D eigenvalue weighted by molar-refractivity contribution is 9.10. The van der Waals surface area contributed by atoms with E-state index in [0.29, 0.717) is 5.56 Å². The topological polar surface area (TPSA) is 125 Å². The molecule has 0 saturated carbocycles. The fraction of sp³-hybridized carbons (Fsp3) is 0.130. The highest BCUT2D eigenvalue weighted by Gasteiger charge is 2.28. The summed E-state index contributed by atoms with van der Waals surface area (Å²) in [7, 11) is -0.385. The molecule has 3 aromatic rings. The van der Waals surface area contributed by atoms with Crippen LogP contribution in [0.3, 0.4) is 0 Å². The Kier molecular flexibility index (Phi) is 8.20. The number of carbonyl (C=O) groups is 1. The molecule has 3 aromatic carbocycles. The van der Waals surface area contributed by atoms with Gasteiger partial charge in [-0.2, -0.15) is 5.10 Å². The number of anilines is 2.